The van der Waals surface area contributed by atoms with Gasteiger partial charge in [-0.05, 0) is 45.0 Å². The molecule has 140 valence electrons. The highest BCUT2D eigenvalue weighted by molar-refractivity contribution is 7.89. The zero-order valence-electron chi connectivity index (χ0n) is 14.9. The Morgan fingerprint density at radius 1 is 1.24 bits per heavy atom. The summed E-state index contributed by atoms with van der Waals surface area (Å²) in [4.78, 5) is 12.0. The van der Waals surface area contributed by atoms with E-state index >= 15 is 0 Å². The van der Waals surface area contributed by atoms with Crippen molar-refractivity contribution in [3.05, 3.63) is 18.2 Å². The molecule has 1 saturated heterocycles. The van der Waals surface area contributed by atoms with Gasteiger partial charge in [0.15, 0.2) is 0 Å². The molecule has 7 nitrogen and oxygen atoms in total. The third kappa shape index (κ3) is 5.17. The van der Waals surface area contributed by atoms with E-state index < -0.39 is 10.0 Å². The van der Waals surface area contributed by atoms with E-state index in [9.17, 15) is 13.2 Å². The van der Waals surface area contributed by atoms with Gasteiger partial charge in [-0.15, -0.1) is 0 Å². The van der Waals surface area contributed by atoms with Crippen LogP contribution in [-0.2, 0) is 14.8 Å². The topological polar surface area (TPSA) is 87.7 Å². The van der Waals surface area contributed by atoms with Gasteiger partial charge < -0.3 is 15.4 Å². The van der Waals surface area contributed by atoms with Gasteiger partial charge in [-0.1, -0.05) is 6.42 Å². The lowest BCUT2D eigenvalue weighted by Gasteiger charge is -2.27. The van der Waals surface area contributed by atoms with Crippen LogP contribution in [0.15, 0.2) is 23.1 Å². The second kappa shape index (κ2) is 9.17. The first-order valence-electron chi connectivity index (χ1n) is 8.70. The average Bonchev–Trinajstić information content (AvgIpc) is 2.62. The van der Waals surface area contributed by atoms with Crippen molar-refractivity contribution >= 4 is 21.6 Å². The van der Waals surface area contributed by atoms with Crippen LogP contribution in [-0.4, -0.2) is 51.9 Å². The van der Waals surface area contributed by atoms with Crippen molar-refractivity contribution in [2.75, 3.05) is 38.6 Å². The highest BCUT2D eigenvalue weighted by Gasteiger charge is 2.29. The SMILES string of the molecule is CCOc1ccc(NC(=O)CCNC)cc1S(=O)(=O)N1CCCCC1. The third-order valence-corrected chi connectivity index (χ3v) is 5.98. The van der Waals surface area contributed by atoms with Crippen molar-refractivity contribution < 1.29 is 17.9 Å². The van der Waals surface area contributed by atoms with E-state index in [1.807, 2.05) is 6.92 Å². The van der Waals surface area contributed by atoms with E-state index in [0.717, 1.165) is 19.3 Å². The van der Waals surface area contributed by atoms with Gasteiger partial charge in [0, 0.05) is 31.7 Å². The predicted molar refractivity (Wildman–Crippen MR) is 97.4 cm³/mol. The summed E-state index contributed by atoms with van der Waals surface area (Å²) in [5.41, 5.74) is 0.458. The Morgan fingerprint density at radius 3 is 2.60 bits per heavy atom. The number of amides is 1. The number of carbonyl (C=O) groups is 1. The summed E-state index contributed by atoms with van der Waals surface area (Å²) in [5.74, 6) is 0.154. The van der Waals surface area contributed by atoms with Crippen molar-refractivity contribution in [2.24, 2.45) is 0 Å². The van der Waals surface area contributed by atoms with Crippen LogP contribution in [0, 0.1) is 0 Å². The Bertz CT molecular complexity index is 685. The molecule has 0 bridgehead atoms. The second-order valence-corrected chi connectivity index (χ2v) is 7.87. The molecule has 1 aliphatic heterocycles. The summed E-state index contributed by atoms with van der Waals surface area (Å²) < 4.78 is 33.0. The average molecular weight is 369 g/mol. The lowest BCUT2D eigenvalue weighted by molar-refractivity contribution is -0.116. The fourth-order valence-electron chi connectivity index (χ4n) is 2.77. The number of benzene rings is 1. The smallest absolute Gasteiger partial charge is 0.246 e. The van der Waals surface area contributed by atoms with Crippen molar-refractivity contribution in [1.29, 1.82) is 0 Å². The summed E-state index contributed by atoms with van der Waals surface area (Å²) in [6, 6.07) is 4.76. The number of rotatable bonds is 8. The molecule has 25 heavy (non-hydrogen) atoms. The summed E-state index contributed by atoms with van der Waals surface area (Å²) in [5, 5.41) is 5.65. The molecule has 0 spiro atoms. The molecule has 1 aromatic carbocycles. The van der Waals surface area contributed by atoms with E-state index in [1.54, 1.807) is 19.2 Å². The van der Waals surface area contributed by atoms with Crippen molar-refractivity contribution in [2.45, 2.75) is 37.5 Å². The first kappa shape index (κ1) is 19.7. The highest BCUT2D eigenvalue weighted by atomic mass is 32.2. The number of nitrogens with zero attached hydrogens (tertiary/aromatic N) is 1. The number of ether oxygens (including phenoxy) is 1. The zero-order chi connectivity index (χ0) is 18.3. The van der Waals surface area contributed by atoms with Crippen LogP contribution in [0.5, 0.6) is 5.75 Å². The Balaban J connectivity index is 2.29. The number of anilines is 1. The largest absolute Gasteiger partial charge is 0.492 e. The predicted octanol–water partition coefficient (Wildman–Crippen LogP) is 1.81. The number of carbonyl (C=O) groups excluding carboxylic acids is 1. The van der Waals surface area contributed by atoms with Gasteiger partial charge in [0.05, 0.1) is 6.61 Å². The molecule has 1 heterocycles. The first-order chi connectivity index (χ1) is 12.0. The second-order valence-electron chi connectivity index (χ2n) is 5.96. The van der Waals surface area contributed by atoms with Gasteiger partial charge in [-0.3, -0.25) is 4.79 Å². The Hall–Kier alpha value is -1.64. The van der Waals surface area contributed by atoms with Gasteiger partial charge in [0.1, 0.15) is 10.6 Å². The summed E-state index contributed by atoms with van der Waals surface area (Å²) in [7, 11) is -1.87. The minimum absolute atomic E-state index is 0.114. The minimum atomic E-state index is -3.65. The van der Waals surface area contributed by atoms with Crippen LogP contribution in [0.3, 0.4) is 0 Å². The van der Waals surface area contributed by atoms with Gasteiger partial charge in [-0.25, -0.2) is 8.42 Å². The van der Waals surface area contributed by atoms with E-state index in [-0.39, 0.29) is 10.8 Å². The Kier molecular flexibility index (Phi) is 7.22. The van der Waals surface area contributed by atoms with E-state index in [4.69, 9.17) is 4.74 Å². The Morgan fingerprint density at radius 2 is 1.96 bits per heavy atom. The maximum absolute atomic E-state index is 13.0. The van der Waals surface area contributed by atoms with Gasteiger partial charge in [0.2, 0.25) is 15.9 Å². The molecule has 8 heteroatoms. The van der Waals surface area contributed by atoms with E-state index in [2.05, 4.69) is 10.6 Å². The highest BCUT2D eigenvalue weighted by Crippen LogP contribution is 2.31. The molecule has 1 amide bonds. The van der Waals surface area contributed by atoms with Gasteiger partial charge >= 0.3 is 0 Å². The van der Waals surface area contributed by atoms with Crippen LogP contribution in [0.2, 0.25) is 0 Å². The molecular weight excluding hydrogens is 342 g/mol. The molecule has 2 rings (SSSR count). The van der Waals surface area contributed by atoms with Crippen LogP contribution in [0.4, 0.5) is 5.69 Å². The van der Waals surface area contributed by atoms with Crippen molar-refractivity contribution in [3.8, 4) is 5.75 Å². The number of sulfonamides is 1. The van der Waals surface area contributed by atoms with E-state index in [1.165, 1.54) is 10.4 Å². The summed E-state index contributed by atoms with van der Waals surface area (Å²) >= 11 is 0. The van der Waals surface area contributed by atoms with Crippen LogP contribution in [0.1, 0.15) is 32.6 Å². The zero-order valence-corrected chi connectivity index (χ0v) is 15.7. The molecule has 0 aromatic heterocycles. The monoisotopic (exact) mass is 369 g/mol. The van der Waals surface area contributed by atoms with Crippen LogP contribution >= 0.6 is 0 Å². The lowest BCUT2D eigenvalue weighted by Crippen LogP contribution is -2.35. The molecule has 1 aliphatic rings. The summed E-state index contributed by atoms with van der Waals surface area (Å²) in [6.45, 7) is 3.78. The van der Waals surface area contributed by atoms with Crippen LogP contribution < -0.4 is 15.4 Å². The Labute approximate surface area is 149 Å². The first-order valence-corrected chi connectivity index (χ1v) is 10.1. The maximum Gasteiger partial charge on any atom is 0.246 e. The molecule has 1 aromatic rings. The van der Waals surface area contributed by atoms with E-state index in [0.29, 0.717) is 44.1 Å². The quantitative estimate of drug-likeness (QED) is 0.730. The normalized spacial score (nSPS) is 15.8. The fraction of sp³-hybridized carbons (Fsp3) is 0.588. The molecule has 0 saturated carbocycles. The number of nitrogens with one attached hydrogen (secondary N) is 2. The molecule has 0 atom stereocenters. The van der Waals surface area contributed by atoms with Gasteiger partial charge in [0.25, 0.3) is 0 Å². The minimum Gasteiger partial charge on any atom is -0.492 e. The van der Waals surface area contributed by atoms with Gasteiger partial charge in [-0.2, -0.15) is 4.31 Å². The van der Waals surface area contributed by atoms with Crippen molar-refractivity contribution in [3.63, 3.8) is 0 Å². The number of piperidine rings is 1. The number of hydrogen-bond acceptors (Lipinski definition) is 5. The molecular formula is C17H27N3O4S. The number of hydrogen-bond donors (Lipinski definition) is 2. The summed E-state index contributed by atoms with van der Waals surface area (Å²) in [6.07, 6.45) is 3.09. The molecule has 2 N–H and O–H groups in total. The van der Waals surface area contributed by atoms with Crippen LogP contribution in [0.25, 0.3) is 0 Å². The fourth-order valence-corrected chi connectivity index (χ4v) is 4.44. The molecule has 0 radical (unpaired) electrons. The molecule has 0 aliphatic carbocycles. The lowest BCUT2D eigenvalue weighted by atomic mass is 10.2. The molecule has 0 unspecified atom stereocenters. The standard InChI is InChI=1S/C17H27N3O4S/c1-3-24-15-8-7-14(19-17(21)9-10-18-2)13-16(15)25(22,23)20-11-5-4-6-12-20/h7-8,13,18H,3-6,9-12H2,1-2H3,(H,19,21). The maximum atomic E-state index is 13.0. The van der Waals surface area contributed by atoms with Crippen molar-refractivity contribution in [1.82, 2.24) is 9.62 Å². The third-order valence-electron chi connectivity index (χ3n) is 4.06. The molecule has 1 fully saturated rings.